The minimum absolute atomic E-state index is 1.11. The highest BCUT2D eigenvalue weighted by molar-refractivity contribution is 6.14. The molecule has 0 radical (unpaired) electrons. The van der Waals surface area contributed by atoms with Crippen molar-refractivity contribution in [2.45, 2.75) is 0 Å². The first-order valence-corrected chi connectivity index (χ1v) is 18.3. The fraction of sp³-hybridized carbons (Fsp3) is 0. The lowest BCUT2D eigenvalue weighted by atomic mass is 9.93. The molecule has 0 spiro atoms. The van der Waals surface area contributed by atoms with Crippen molar-refractivity contribution in [3.05, 3.63) is 212 Å². The van der Waals surface area contributed by atoms with E-state index < -0.39 is 0 Å². The van der Waals surface area contributed by atoms with Crippen LogP contribution in [-0.4, -0.2) is 0 Å². The summed E-state index contributed by atoms with van der Waals surface area (Å²) in [7, 11) is 0. The van der Waals surface area contributed by atoms with E-state index in [-0.39, 0.29) is 0 Å². The van der Waals surface area contributed by atoms with Crippen molar-refractivity contribution in [1.29, 1.82) is 0 Å². The lowest BCUT2D eigenvalue weighted by Crippen LogP contribution is -2.10. The van der Waals surface area contributed by atoms with Gasteiger partial charge in [-0.3, -0.25) is 0 Å². The Bertz CT molecular complexity index is 2920. The zero-order valence-electron chi connectivity index (χ0n) is 29.2. The van der Waals surface area contributed by atoms with Gasteiger partial charge in [-0.05, 0) is 125 Å². The molecule has 0 saturated heterocycles. The number of anilines is 3. The molecule has 0 amide bonds. The minimum Gasteiger partial charge on any atom is -0.310 e. The third-order valence-corrected chi connectivity index (χ3v) is 10.6. The van der Waals surface area contributed by atoms with E-state index in [1.54, 1.807) is 0 Å². The Morgan fingerprint density at radius 2 is 0.698 bits per heavy atom. The first-order valence-electron chi connectivity index (χ1n) is 18.3. The van der Waals surface area contributed by atoms with Gasteiger partial charge in [-0.15, -0.1) is 0 Å². The van der Waals surface area contributed by atoms with E-state index in [9.17, 15) is 0 Å². The van der Waals surface area contributed by atoms with Crippen LogP contribution in [0.5, 0.6) is 0 Å². The summed E-state index contributed by atoms with van der Waals surface area (Å²) in [6, 6.07) is 77.2. The SMILES string of the molecule is c1ccc(-c2cccc(-c3ccc(N(c4ccc(-c5cc6ccccc6c6ccccc56)cc4)c4ccc5ccc6ccccc6c5c4)cc3)c2)cc1. The Morgan fingerprint density at radius 3 is 1.40 bits per heavy atom. The molecule has 10 aromatic carbocycles. The lowest BCUT2D eigenvalue weighted by Gasteiger charge is -2.26. The average molecular weight is 674 g/mol. The molecule has 0 fully saturated rings. The molecule has 0 aliphatic heterocycles. The fourth-order valence-corrected chi connectivity index (χ4v) is 7.97. The third-order valence-electron chi connectivity index (χ3n) is 10.6. The summed E-state index contributed by atoms with van der Waals surface area (Å²) >= 11 is 0. The summed E-state index contributed by atoms with van der Waals surface area (Å²) in [5.41, 5.74) is 10.6. The van der Waals surface area contributed by atoms with Gasteiger partial charge in [0.25, 0.3) is 0 Å². The van der Waals surface area contributed by atoms with Crippen LogP contribution in [0.25, 0.3) is 76.5 Å². The number of hydrogen-bond donors (Lipinski definition) is 0. The third kappa shape index (κ3) is 5.60. The topological polar surface area (TPSA) is 3.24 Å². The Kier molecular flexibility index (Phi) is 7.55. The molecule has 1 nitrogen and oxygen atoms in total. The molecular formula is C52H35N. The normalized spacial score (nSPS) is 11.4. The van der Waals surface area contributed by atoms with Gasteiger partial charge in [0.2, 0.25) is 0 Å². The van der Waals surface area contributed by atoms with Crippen LogP contribution in [-0.2, 0) is 0 Å². The molecule has 0 aliphatic carbocycles. The summed E-state index contributed by atoms with van der Waals surface area (Å²) in [6.07, 6.45) is 0. The summed E-state index contributed by atoms with van der Waals surface area (Å²) in [5, 5.41) is 10.1. The molecule has 0 bridgehead atoms. The second-order valence-corrected chi connectivity index (χ2v) is 13.8. The predicted octanol–water partition coefficient (Wildman–Crippen LogP) is 14.8. The molecular weight excluding hydrogens is 639 g/mol. The largest absolute Gasteiger partial charge is 0.310 e. The molecule has 0 aromatic heterocycles. The van der Waals surface area contributed by atoms with Gasteiger partial charge in [0, 0.05) is 17.1 Å². The van der Waals surface area contributed by atoms with Crippen LogP contribution in [0, 0.1) is 0 Å². The number of nitrogens with zero attached hydrogens (tertiary/aromatic N) is 1. The maximum absolute atomic E-state index is 2.38. The van der Waals surface area contributed by atoms with E-state index in [1.165, 1.54) is 76.5 Å². The molecule has 10 rings (SSSR count). The quantitative estimate of drug-likeness (QED) is 0.159. The van der Waals surface area contributed by atoms with E-state index in [0.29, 0.717) is 0 Å². The van der Waals surface area contributed by atoms with Crippen molar-refractivity contribution in [2.75, 3.05) is 4.90 Å². The molecule has 0 aliphatic rings. The smallest absolute Gasteiger partial charge is 0.0468 e. The lowest BCUT2D eigenvalue weighted by molar-refractivity contribution is 1.29. The van der Waals surface area contributed by atoms with Gasteiger partial charge >= 0.3 is 0 Å². The predicted molar refractivity (Wildman–Crippen MR) is 227 cm³/mol. The van der Waals surface area contributed by atoms with E-state index in [4.69, 9.17) is 0 Å². The monoisotopic (exact) mass is 673 g/mol. The van der Waals surface area contributed by atoms with Crippen LogP contribution < -0.4 is 4.90 Å². The van der Waals surface area contributed by atoms with Crippen molar-refractivity contribution in [3.8, 4) is 33.4 Å². The summed E-state index contributed by atoms with van der Waals surface area (Å²) in [5.74, 6) is 0. The highest BCUT2D eigenvalue weighted by Gasteiger charge is 2.16. The Hall–Kier alpha value is -6.96. The van der Waals surface area contributed by atoms with Crippen LogP contribution in [0.1, 0.15) is 0 Å². The fourth-order valence-electron chi connectivity index (χ4n) is 7.97. The Balaban J connectivity index is 1.09. The molecule has 0 N–H and O–H groups in total. The second kappa shape index (κ2) is 13.0. The first kappa shape index (κ1) is 30.8. The molecule has 0 atom stereocenters. The summed E-state index contributed by atoms with van der Waals surface area (Å²) in [4.78, 5) is 2.38. The van der Waals surface area contributed by atoms with Crippen molar-refractivity contribution in [1.82, 2.24) is 0 Å². The molecule has 0 saturated carbocycles. The molecule has 10 aromatic rings. The summed E-state index contributed by atoms with van der Waals surface area (Å²) < 4.78 is 0. The second-order valence-electron chi connectivity index (χ2n) is 13.8. The van der Waals surface area contributed by atoms with Crippen LogP contribution in [0.4, 0.5) is 17.1 Å². The van der Waals surface area contributed by atoms with Gasteiger partial charge in [0.1, 0.15) is 0 Å². The highest BCUT2D eigenvalue weighted by atomic mass is 15.1. The highest BCUT2D eigenvalue weighted by Crippen LogP contribution is 2.41. The van der Waals surface area contributed by atoms with Gasteiger partial charge < -0.3 is 4.90 Å². The molecule has 1 heteroatoms. The van der Waals surface area contributed by atoms with Crippen LogP contribution in [0.2, 0.25) is 0 Å². The Labute approximate surface area is 309 Å². The van der Waals surface area contributed by atoms with Crippen LogP contribution >= 0.6 is 0 Å². The van der Waals surface area contributed by atoms with Gasteiger partial charge in [-0.25, -0.2) is 0 Å². The van der Waals surface area contributed by atoms with Crippen LogP contribution in [0.3, 0.4) is 0 Å². The zero-order chi connectivity index (χ0) is 35.1. The van der Waals surface area contributed by atoms with Gasteiger partial charge in [0.05, 0.1) is 0 Å². The molecule has 248 valence electrons. The maximum Gasteiger partial charge on any atom is 0.0468 e. The van der Waals surface area contributed by atoms with Gasteiger partial charge in [-0.2, -0.15) is 0 Å². The van der Waals surface area contributed by atoms with Crippen LogP contribution in [0.15, 0.2) is 212 Å². The van der Waals surface area contributed by atoms with Crippen molar-refractivity contribution >= 4 is 60.2 Å². The number of rotatable bonds is 6. The molecule has 0 unspecified atom stereocenters. The van der Waals surface area contributed by atoms with Gasteiger partial charge in [-0.1, -0.05) is 164 Å². The zero-order valence-corrected chi connectivity index (χ0v) is 29.2. The van der Waals surface area contributed by atoms with E-state index >= 15 is 0 Å². The minimum atomic E-state index is 1.11. The average Bonchev–Trinajstić information content (AvgIpc) is 3.24. The number of hydrogen-bond acceptors (Lipinski definition) is 1. The standard InChI is InChI=1S/C52H35N/c1-2-11-36(12-3-1)41-15-10-16-42(33-41)37-23-28-44(29-24-37)53(46-32-27-39-22-21-38-13-4-6-17-47(38)52(39)35-46)45-30-25-40(26-31-45)51-34-43-14-5-7-18-48(43)49-19-8-9-20-50(49)51/h1-35H. The number of benzene rings is 10. The Morgan fingerprint density at radius 1 is 0.226 bits per heavy atom. The van der Waals surface area contributed by atoms with Crippen molar-refractivity contribution in [3.63, 3.8) is 0 Å². The maximum atomic E-state index is 2.38. The molecule has 0 heterocycles. The summed E-state index contributed by atoms with van der Waals surface area (Å²) in [6.45, 7) is 0. The number of fused-ring (bicyclic) bond motifs is 6. The van der Waals surface area contributed by atoms with E-state index in [0.717, 1.165) is 17.1 Å². The van der Waals surface area contributed by atoms with Gasteiger partial charge in [0.15, 0.2) is 0 Å². The van der Waals surface area contributed by atoms with Crippen molar-refractivity contribution in [2.24, 2.45) is 0 Å². The first-order chi connectivity index (χ1) is 26.3. The van der Waals surface area contributed by atoms with E-state index in [1.807, 2.05) is 0 Å². The van der Waals surface area contributed by atoms with E-state index in [2.05, 4.69) is 217 Å². The molecule has 53 heavy (non-hydrogen) atoms. The van der Waals surface area contributed by atoms with Crippen molar-refractivity contribution < 1.29 is 0 Å².